The first-order valence-corrected chi connectivity index (χ1v) is 10.2. The van der Waals surface area contributed by atoms with Crippen LogP contribution in [0.1, 0.15) is 21.7 Å². The van der Waals surface area contributed by atoms with E-state index in [1.54, 1.807) is 6.20 Å². The third kappa shape index (κ3) is 4.85. The molecule has 8 heteroatoms. The maximum absolute atomic E-state index is 12.5. The molecule has 0 unspecified atom stereocenters. The van der Waals surface area contributed by atoms with Crippen LogP contribution < -0.4 is 4.72 Å². The summed E-state index contributed by atoms with van der Waals surface area (Å²) in [4.78, 5) is 15.9. The first-order valence-electron chi connectivity index (χ1n) is 8.71. The Morgan fingerprint density at radius 1 is 1.14 bits per heavy atom. The fourth-order valence-electron chi connectivity index (χ4n) is 2.78. The highest BCUT2D eigenvalue weighted by Gasteiger charge is 2.16. The van der Waals surface area contributed by atoms with Gasteiger partial charge in [-0.1, -0.05) is 36.4 Å². The summed E-state index contributed by atoms with van der Waals surface area (Å²) in [6.45, 7) is 0.862. The molecule has 1 heterocycles. The maximum atomic E-state index is 12.5. The van der Waals surface area contributed by atoms with Crippen molar-refractivity contribution >= 4 is 16.0 Å². The summed E-state index contributed by atoms with van der Waals surface area (Å²) in [5.74, 6) is 0.204. The maximum Gasteiger partial charge on any atom is 0.337 e. The molecule has 0 aliphatic rings. The molecule has 0 amide bonds. The molecule has 1 N–H and O–H groups in total. The minimum absolute atomic E-state index is 0.0167. The third-order valence-electron chi connectivity index (χ3n) is 4.20. The van der Waals surface area contributed by atoms with Gasteiger partial charge in [-0.15, -0.1) is 0 Å². The summed E-state index contributed by atoms with van der Waals surface area (Å²) in [6.07, 6.45) is 4.01. The lowest BCUT2D eigenvalue weighted by atomic mass is 10.2. The Morgan fingerprint density at radius 3 is 2.68 bits per heavy atom. The van der Waals surface area contributed by atoms with Gasteiger partial charge in [-0.2, -0.15) is 0 Å². The monoisotopic (exact) mass is 399 g/mol. The van der Waals surface area contributed by atoms with Crippen LogP contribution in [-0.4, -0.2) is 37.6 Å². The molecule has 0 spiro atoms. The molecule has 1 aromatic heterocycles. The number of benzene rings is 2. The number of ether oxygens (including phenoxy) is 1. The van der Waals surface area contributed by atoms with Gasteiger partial charge in [0.2, 0.25) is 10.0 Å². The second-order valence-electron chi connectivity index (χ2n) is 6.12. The van der Waals surface area contributed by atoms with Gasteiger partial charge < -0.3 is 9.30 Å². The van der Waals surface area contributed by atoms with Crippen LogP contribution >= 0.6 is 0 Å². The molecule has 0 radical (unpaired) electrons. The largest absolute Gasteiger partial charge is 0.465 e. The Hall–Kier alpha value is -2.97. The molecular formula is C20H21N3O4S. The highest BCUT2D eigenvalue weighted by molar-refractivity contribution is 7.89. The molecule has 0 saturated heterocycles. The standard InChI is InChI=1S/C20H21N3O4S/c1-27-20(24)17-8-5-9-18(14-17)28(25,26)22-11-10-19-21-12-13-23(19)15-16-6-3-2-4-7-16/h2-9,12-14,22H,10-11,15H2,1H3. The molecule has 0 aliphatic carbocycles. The smallest absolute Gasteiger partial charge is 0.337 e. The van der Waals surface area contributed by atoms with Gasteiger partial charge in [0.15, 0.2) is 0 Å². The first kappa shape index (κ1) is 19.8. The fraction of sp³-hybridized carbons (Fsp3) is 0.200. The van der Waals surface area contributed by atoms with E-state index in [1.165, 1.54) is 31.4 Å². The Kier molecular flexibility index (Phi) is 6.23. The molecular weight excluding hydrogens is 378 g/mol. The van der Waals surface area contributed by atoms with Crippen LogP contribution in [0.4, 0.5) is 0 Å². The molecule has 2 aromatic carbocycles. The predicted molar refractivity (Wildman–Crippen MR) is 104 cm³/mol. The van der Waals surface area contributed by atoms with E-state index in [0.29, 0.717) is 13.0 Å². The van der Waals surface area contributed by atoms with Gasteiger partial charge in [0.25, 0.3) is 0 Å². The number of rotatable bonds is 8. The van der Waals surface area contributed by atoms with Crippen molar-refractivity contribution in [2.45, 2.75) is 17.9 Å². The van der Waals surface area contributed by atoms with Gasteiger partial charge in [0.1, 0.15) is 5.82 Å². The summed E-state index contributed by atoms with van der Waals surface area (Å²) >= 11 is 0. The van der Waals surface area contributed by atoms with Crippen molar-refractivity contribution < 1.29 is 17.9 Å². The van der Waals surface area contributed by atoms with E-state index < -0.39 is 16.0 Å². The van der Waals surface area contributed by atoms with Crippen LogP contribution in [0.15, 0.2) is 71.9 Å². The van der Waals surface area contributed by atoms with Crippen LogP contribution in [0.25, 0.3) is 0 Å². The van der Waals surface area contributed by atoms with Crippen molar-refractivity contribution in [1.82, 2.24) is 14.3 Å². The number of hydrogen-bond acceptors (Lipinski definition) is 5. The van der Waals surface area contributed by atoms with Crippen molar-refractivity contribution in [3.05, 3.63) is 83.9 Å². The van der Waals surface area contributed by atoms with Gasteiger partial charge in [-0.25, -0.2) is 22.9 Å². The zero-order chi connectivity index (χ0) is 20.0. The number of imidazole rings is 1. The van der Waals surface area contributed by atoms with Gasteiger partial charge in [-0.05, 0) is 23.8 Å². The quantitative estimate of drug-likeness (QED) is 0.587. The number of hydrogen-bond donors (Lipinski definition) is 1. The molecule has 146 valence electrons. The second-order valence-corrected chi connectivity index (χ2v) is 7.89. The highest BCUT2D eigenvalue weighted by Crippen LogP contribution is 2.12. The fourth-order valence-corrected chi connectivity index (χ4v) is 3.86. The summed E-state index contributed by atoms with van der Waals surface area (Å²) in [5, 5.41) is 0. The van der Waals surface area contributed by atoms with Gasteiger partial charge in [-0.3, -0.25) is 0 Å². The van der Waals surface area contributed by atoms with Crippen molar-refractivity contribution in [2.75, 3.05) is 13.7 Å². The summed E-state index contributed by atoms with van der Waals surface area (Å²) < 4.78 is 34.2. The third-order valence-corrected chi connectivity index (χ3v) is 5.66. The SMILES string of the molecule is COC(=O)c1cccc(S(=O)(=O)NCCc2nccn2Cc2ccccc2)c1. The van der Waals surface area contributed by atoms with Crippen molar-refractivity contribution in [1.29, 1.82) is 0 Å². The van der Waals surface area contributed by atoms with Gasteiger partial charge >= 0.3 is 5.97 Å². The van der Waals surface area contributed by atoms with E-state index in [0.717, 1.165) is 11.4 Å². The van der Waals surface area contributed by atoms with Gasteiger partial charge in [0, 0.05) is 31.9 Å². The zero-order valence-corrected chi connectivity index (χ0v) is 16.2. The molecule has 0 atom stereocenters. The molecule has 0 saturated carbocycles. The summed E-state index contributed by atoms with van der Waals surface area (Å²) in [6, 6.07) is 15.7. The number of aromatic nitrogens is 2. The Labute approximate surface area is 164 Å². The average molecular weight is 399 g/mol. The Balaban J connectivity index is 1.64. The summed E-state index contributed by atoms with van der Waals surface area (Å²) in [7, 11) is -2.49. The van der Waals surface area contributed by atoms with Crippen LogP contribution in [0.5, 0.6) is 0 Å². The number of carbonyl (C=O) groups is 1. The lowest BCUT2D eigenvalue weighted by molar-refractivity contribution is 0.0600. The molecule has 3 rings (SSSR count). The van der Waals surface area contributed by atoms with E-state index in [2.05, 4.69) is 14.4 Å². The van der Waals surface area contributed by atoms with Crippen LogP contribution in [-0.2, 0) is 27.7 Å². The van der Waals surface area contributed by atoms with Crippen molar-refractivity contribution in [3.63, 3.8) is 0 Å². The van der Waals surface area contributed by atoms with Crippen LogP contribution in [0.2, 0.25) is 0 Å². The number of nitrogens with one attached hydrogen (secondary N) is 1. The molecule has 0 bridgehead atoms. The van der Waals surface area contributed by atoms with Crippen molar-refractivity contribution in [2.24, 2.45) is 0 Å². The van der Waals surface area contributed by atoms with E-state index >= 15 is 0 Å². The van der Waals surface area contributed by atoms with Crippen LogP contribution in [0, 0.1) is 0 Å². The van der Waals surface area contributed by atoms with Crippen LogP contribution in [0.3, 0.4) is 0 Å². The van der Waals surface area contributed by atoms with E-state index in [-0.39, 0.29) is 17.0 Å². The number of carbonyl (C=O) groups excluding carboxylic acids is 1. The lowest BCUT2D eigenvalue weighted by Gasteiger charge is -2.10. The zero-order valence-electron chi connectivity index (χ0n) is 15.4. The van der Waals surface area contributed by atoms with E-state index in [4.69, 9.17) is 0 Å². The highest BCUT2D eigenvalue weighted by atomic mass is 32.2. The van der Waals surface area contributed by atoms with Crippen molar-refractivity contribution in [3.8, 4) is 0 Å². The second kappa shape index (κ2) is 8.81. The first-order chi connectivity index (χ1) is 13.5. The molecule has 0 aliphatic heterocycles. The Bertz CT molecular complexity index is 1050. The molecule has 3 aromatic rings. The Morgan fingerprint density at radius 2 is 1.93 bits per heavy atom. The van der Waals surface area contributed by atoms with E-state index in [1.807, 2.05) is 41.1 Å². The topological polar surface area (TPSA) is 90.3 Å². The molecule has 7 nitrogen and oxygen atoms in total. The van der Waals surface area contributed by atoms with E-state index in [9.17, 15) is 13.2 Å². The number of sulfonamides is 1. The number of nitrogens with zero attached hydrogens (tertiary/aromatic N) is 2. The summed E-state index contributed by atoms with van der Waals surface area (Å²) in [5.41, 5.74) is 1.32. The minimum atomic E-state index is -3.74. The lowest BCUT2D eigenvalue weighted by Crippen LogP contribution is -2.27. The van der Waals surface area contributed by atoms with Gasteiger partial charge in [0.05, 0.1) is 17.6 Å². The number of methoxy groups -OCH3 is 1. The number of esters is 1. The minimum Gasteiger partial charge on any atom is -0.465 e. The molecule has 0 fully saturated rings. The normalized spacial score (nSPS) is 11.3. The average Bonchev–Trinajstić information content (AvgIpc) is 3.15. The molecule has 28 heavy (non-hydrogen) atoms. The predicted octanol–water partition coefficient (Wildman–Crippen LogP) is 2.24.